The predicted molar refractivity (Wildman–Crippen MR) is 76.1 cm³/mol. The van der Waals surface area contributed by atoms with Crippen LogP contribution in [0, 0.1) is 17.6 Å². The molecular formula is C14H21F2NO3S. The topological polar surface area (TPSA) is 66.4 Å². The lowest BCUT2D eigenvalue weighted by molar-refractivity contribution is 0.280. The molecule has 1 aromatic carbocycles. The van der Waals surface area contributed by atoms with Gasteiger partial charge in [-0.2, -0.15) is 0 Å². The highest BCUT2D eigenvalue weighted by atomic mass is 32.2. The van der Waals surface area contributed by atoms with E-state index in [0.717, 1.165) is 18.6 Å². The van der Waals surface area contributed by atoms with Gasteiger partial charge in [0.05, 0.1) is 6.61 Å². The van der Waals surface area contributed by atoms with E-state index in [0.29, 0.717) is 12.3 Å². The third-order valence-electron chi connectivity index (χ3n) is 3.06. The minimum Gasteiger partial charge on any atom is -0.392 e. The molecule has 1 atom stereocenters. The Balaban J connectivity index is 3.00. The van der Waals surface area contributed by atoms with Gasteiger partial charge in [-0.15, -0.1) is 0 Å². The van der Waals surface area contributed by atoms with Crippen molar-refractivity contribution in [3.05, 3.63) is 29.3 Å². The summed E-state index contributed by atoms with van der Waals surface area (Å²) in [5.41, 5.74) is 0.00380. The van der Waals surface area contributed by atoms with Crippen molar-refractivity contribution < 1.29 is 22.3 Å². The molecule has 0 spiro atoms. The molecule has 7 heteroatoms. The van der Waals surface area contributed by atoms with E-state index >= 15 is 0 Å². The standard InChI is InChI=1S/C14H21F2NO3S/c1-9(2)4-5-10(3)17-21(19,20)13-7-11(8-18)6-12(15)14(13)16/h6-7,9-10,17-18H,4-5,8H2,1-3H3. The smallest absolute Gasteiger partial charge is 0.243 e. The molecule has 0 aromatic heterocycles. The number of aliphatic hydroxyl groups is 1. The second-order valence-corrected chi connectivity index (χ2v) is 7.22. The third kappa shape index (κ3) is 5.01. The van der Waals surface area contributed by atoms with E-state index in [1.807, 2.05) is 13.8 Å². The molecule has 0 aliphatic heterocycles. The monoisotopic (exact) mass is 321 g/mol. The summed E-state index contributed by atoms with van der Waals surface area (Å²) >= 11 is 0. The van der Waals surface area contributed by atoms with Crippen LogP contribution >= 0.6 is 0 Å². The third-order valence-corrected chi connectivity index (χ3v) is 4.65. The summed E-state index contributed by atoms with van der Waals surface area (Å²) in [7, 11) is -4.17. The first kappa shape index (κ1) is 18.0. The minimum absolute atomic E-state index is 0.00380. The SMILES string of the molecule is CC(C)CCC(C)NS(=O)(=O)c1cc(CO)cc(F)c1F. The van der Waals surface area contributed by atoms with Gasteiger partial charge < -0.3 is 5.11 Å². The molecule has 0 saturated carbocycles. The molecule has 1 rings (SSSR count). The van der Waals surface area contributed by atoms with Gasteiger partial charge in [-0.25, -0.2) is 21.9 Å². The molecule has 0 amide bonds. The summed E-state index contributed by atoms with van der Waals surface area (Å²) in [5.74, 6) is -2.31. The van der Waals surface area contributed by atoms with Crippen molar-refractivity contribution in [2.24, 2.45) is 5.92 Å². The van der Waals surface area contributed by atoms with Crippen molar-refractivity contribution in [2.75, 3.05) is 0 Å². The van der Waals surface area contributed by atoms with Crippen molar-refractivity contribution >= 4 is 10.0 Å². The summed E-state index contributed by atoms with van der Waals surface area (Å²) in [6.45, 7) is 5.13. The number of hydrogen-bond donors (Lipinski definition) is 2. The normalized spacial score (nSPS) is 13.7. The van der Waals surface area contributed by atoms with Crippen LogP contribution in [0.2, 0.25) is 0 Å². The summed E-state index contributed by atoms with van der Waals surface area (Å²) in [5, 5.41) is 8.97. The van der Waals surface area contributed by atoms with Crippen LogP contribution in [0.25, 0.3) is 0 Å². The minimum atomic E-state index is -4.17. The molecule has 0 saturated heterocycles. The number of halogens is 2. The largest absolute Gasteiger partial charge is 0.392 e. The van der Waals surface area contributed by atoms with Crippen molar-refractivity contribution in [3.63, 3.8) is 0 Å². The highest BCUT2D eigenvalue weighted by Crippen LogP contribution is 2.21. The maximum atomic E-state index is 13.7. The van der Waals surface area contributed by atoms with Gasteiger partial charge in [0, 0.05) is 6.04 Å². The van der Waals surface area contributed by atoms with Gasteiger partial charge in [0.2, 0.25) is 10.0 Å². The molecule has 4 nitrogen and oxygen atoms in total. The Labute approximate surface area is 124 Å². The average Bonchev–Trinajstić information content (AvgIpc) is 2.38. The highest BCUT2D eigenvalue weighted by molar-refractivity contribution is 7.89. The van der Waals surface area contributed by atoms with Crippen molar-refractivity contribution in [2.45, 2.75) is 51.2 Å². The molecule has 0 heterocycles. The quantitative estimate of drug-likeness (QED) is 0.811. The van der Waals surface area contributed by atoms with Crippen LogP contribution < -0.4 is 4.72 Å². The van der Waals surface area contributed by atoms with Crippen LogP contribution in [0.5, 0.6) is 0 Å². The predicted octanol–water partition coefficient (Wildman–Crippen LogP) is 2.56. The molecule has 0 bridgehead atoms. The second kappa shape index (κ2) is 7.29. The van der Waals surface area contributed by atoms with Crippen molar-refractivity contribution in [1.82, 2.24) is 4.72 Å². The summed E-state index contributed by atoms with van der Waals surface area (Å²) < 4.78 is 53.7. The van der Waals surface area contributed by atoms with Crippen LogP contribution in [0.1, 0.15) is 39.2 Å². The Morgan fingerprint density at radius 3 is 2.33 bits per heavy atom. The molecule has 0 aliphatic carbocycles. The number of benzene rings is 1. The van der Waals surface area contributed by atoms with E-state index in [-0.39, 0.29) is 5.56 Å². The number of sulfonamides is 1. The van der Waals surface area contributed by atoms with E-state index in [9.17, 15) is 17.2 Å². The van der Waals surface area contributed by atoms with Gasteiger partial charge in [-0.3, -0.25) is 0 Å². The van der Waals surface area contributed by atoms with Gasteiger partial charge in [-0.1, -0.05) is 13.8 Å². The first-order chi connectivity index (χ1) is 9.67. The van der Waals surface area contributed by atoms with Gasteiger partial charge in [0.1, 0.15) is 4.90 Å². The molecule has 0 aliphatic rings. The molecule has 1 unspecified atom stereocenters. The average molecular weight is 321 g/mol. The summed E-state index contributed by atoms with van der Waals surface area (Å²) in [6, 6.07) is 1.32. The molecule has 0 fully saturated rings. The van der Waals surface area contributed by atoms with Crippen LogP contribution in [0.15, 0.2) is 17.0 Å². The molecular weight excluding hydrogens is 300 g/mol. The first-order valence-corrected chi connectivity index (χ1v) is 8.26. The van der Waals surface area contributed by atoms with Crippen molar-refractivity contribution in [3.8, 4) is 0 Å². The lowest BCUT2D eigenvalue weighted by atomic mass is 10.1. The van der Waals surface area contributed by atoms with Crippen LogP contribution in [0.3, 0.4) is 0 Å². The number of rotatable bonds is 7. The molecule has 120 valence electrons. The maximum absolute atomic E-state index is 13.7. The number of hydrogen-bond acceptors (Lipinski definition) is 3. The Morgan fingerprint density at radius 2 is 1.81 bits per heavy atom. The zero-order valence-corrected chi connectivity index (χ0v) is 13.2. The Hall–Kier alpha value is -1.05. The van der Waals surface area contributed by atoms with Crippen LogP contribution in [0.4, 0.5) is 8.78 Å². The van der Waals surface area contributed by atoms with Crippen molar-refractivity contribution in [1.29, 1.82) is 0 Å². The fraction of sp³-hybridized carbons (Fsp3) is 0.571. The lowest BCUT2D eigenvalue weighted by Crippen LogP contribution is -2.33. The molecule has 1 aromatic rings. The Kier molecular flexibility index (Phi) is 6.24. The molecule has 0 radical (unpaired) electrons. The van der Waals surface area contributed by atoms with Gasteiger partial charge >= 0.3 is 0 Å². The maximum Gasteiger partial charge on any atom is 0.243 e. The van der Waals surface area contributed by atoms with Gasteiger partial charge in [0.25, 0.3) is 0 Å². The highest BCUT2D eigenvalue weighted by Gasteiger charge is 2.24. The van der Waals surface area contributed by atoms with Gasteiger partial charge in [0.15, 0.2) is 11.6 Å². The van der Waals surface area contributed by atoms with E-state index in [1.54, 1.807) is 6.92 Å². The fourth-order valence-corrected chi connectivity index (χ4v) is 3.29. The van der Waals surface area contributed by atoms with Crippen LogP contribution in [-0.2, 0) is 16.6 Å². The number of nitrogens with one attached hydrogen (secondary N) is 1. The van der Waals surface area contributed by atoms with Gasteiger partial charge in [-0.05, 0) is 43.4 Å². The zero-order chi connectivity index (χ0) is 16.2. The molecule has 2 N–H and O–H groups in total. The van der Waals surface area contributed by atoms with E-state index in [1.165, 1.54) is 0 Å². The van der Waals surface area contributed by atoms with E-state index in [2.05, 4.69) is 4.72 Å². The Bertz CT molecular complexity index is 588. The van der Waals surface area contributed by atoms with E-state index < -0.39 is 39.2 Å². The number of aliphatic hydroxyl groups excluding tert-OH is 1. The van der Waals surface area contributed by atoms with Crippen LogP contribution in [-0.4, -0.2) is 19.6 Å². The van der Waals surface area contributed by atoms with E-state index in [4.69, 9.17) is 5.11 Å². The first-order valence-electron chi connectivity index (χ1n) is 6.78. The zero-order valence-electron chi connectivity index (χ0n) is 12.4. The second-order valence-electron chi connectivity index (χ2n) is 5.54. The lowest BCUT2D eigenvalue weighted by Gasteiger charge is -2.16. The summed E-state index contributed by atoms with van der Waals surface area (Å²) in [6.07, 6.45) is 1.41. The summed E-state index contributed by atoms with van der Waals surface area (Å²) in [4.78, 5) is -0.775. The molecule has 21 heavy (non-hydrogen) atoms. The Morgan fingerprint density at radius 1 is 1.19 bits per heavy atom. The fourth-order valence-electron chi connectivity index (χ4n) is 1.87.